The average molecular weight is 311 g/mol. The quantitative estimate of drug-likeness (QED) is 0.879. The van der Waals surface area contributed by atoms with Gasteiger partial charge in [-0.25, -0.2) is 0 Å². The third-order valence-electron chi connectivity index (χ3n) is 5.74. The first kappa shape index (κ1) is 14.4. The van der Waals surface area contributed by atoms with E-state index >= 15 is 0 Å². The van der Waals surface area contributed by atoms with E-state index in [4.69, 9.17) is 0 Å². The minimum absolute atomic E-state index is 0.0791. The van der Waals surface area contributed by atoms with Crippen molar-refractivity contribution in [3.8, 4) is 0 Å². The number of pyridine rings is 1. The molecule has 2 aromatic rings. The number of aromatic nitrogens is 4. The van der Waals surface area contributed by atoms with Crippen LogP contribution in [-0.2, 0) is 0 Å². The maximum Gasteiger partial charge on any atom is 0.252 e. The maximum absolute atomic E-state index is 12.3. The molecule has 1 saturated carbocycles. The second-order valence-corrected chi connectivity index (χ2v) is 7.23. The van der Waals surface area contributed by atoms with Crippen molar-refractivity contribution in [2.24, 2.45) is 17.3 Å². The molecule has 120 valence electrons. The summed E-state index contributed by atoms with van der Waals surface area (Å²) in [6, 6.07) is 3.50. The highest BCUT2D eigenvalue weighted by molar-refractivity contribution is 5.94. The highest BCUT2D eigenvalue weighted by Gasteiger charge is 2.50. The van der Waals surface area contributed by atoms with Gasteiger partial charge in [-0.05, 0) is 59.1 Å². The smallest absolute Gasteiger partial charge is 0.252 e. The summed E-state index contributed by atoms with van der Waals surface area (Å²) in [5, 5.41) is 14.2. The molecule has 0 saturated heterocycles. The summed E-state index contributed by atoms with van der Waals surface area (Å²) < 4.78 is 1.51. The Morgan fingerprint density at radius 2 is 2.30 bits per heavy atom. The molecule has 5 rings (SSSR count). The van der Waals surface area contributed by atoms with Crippen LogP contribution in [0.3, 0.4) is 0 Å². The number of amides is 1. The molecule has 23 heavy (non-hydrogen) atoms. The van der Waals surface area contributed by atoms with Gasteiger partial charge in [-0.2, -0.15) is 4.52 Å². The van der Waals surface area contributed by atoms with E-state index < -0.39 is 0 Å². The van der Waals surface area contributed by atoms with Crippen LogP contribution in [0.5, 0.6) is 0 Å². The first-order valence-electron chi connectivity index (χ1n) is 8.20. The molecule has 2 aromatic heterocycles. The van der Waals surface area contributed by atoms with Crippen molar-refractivity contribution >= 4 is 11.6 Å². The Morgan fingerprint density at radius 3 is 3.09 bits per heavy atom. The summed E-state index contributed by atoms with van der Waals surface area (Å²) in [7, 11) is 0. The van der Waals surface area contributed by atoms with Crippen molar-refractivity contribution in [2.45, 2.75) is 33.1 Å². The van der Waals surface area contributed by atoms with Crippen LogP contribution in [0.1, 0.15) is 43.5 Å². The zero-order valence-corrected chi connectivity index (χ0v) is 13.5. The third-order valence-corrected chi connectivity index (χ3v) is 5.74. The van der Waals surface area contributed by atoms with Crippen LogP contribution >= 0.6 is 0 Å². The Hall–Kier alpha value is -2.24. The summed E-state index contributed by atoms with van der Waals surface area (Å²) in [6.45, 7) is 5.42. The molecule has 6 nitrogen and oxygen atoms in total. The molecule has 1 N–H and O–H groups in total. The zero-order valence-electron chi connectivity index (χ0n) is 13.5. The molecule has 0 aliphatic heterocycles. The van der Waals surface area contributed by atoms with Crippen LogP contribution in [-0.4, -0.2) is 32.5 Å². The summed E-state index contributed by atoms with van der Waals surface area (Å²) in [5.74, 6) is 1.48. The minimum Gasteiger partial charge on any atom is -0.352 e. The van der Waals surface area contributed by atoms with Crippen molar-refractivity contribution in [1.82, 2.24) is 25.4 Å². The van der Waals surface area contributed by atoms with Crippen molar-refractivity contribution in [2.75, 3.05) is 6.54 Å². The summed E-state index contributed by atoms with van der Waals surface area (Å²) in [5.41, 5.74) is 3.18. The highest BCUT2D eigenvalue weighted by Crippen LogP contribution is 2.59. The van der Waals surface area contributed by atoms with Crippen molar-refractivity contribution in [3.05, 3.63) is 35.5 Å². The van der Waals surface area contributed by atoms with Crippen LogP contribution in [0.2, 0.25) is 0 Å². The lowest BCUT2D eigenvalue weighted by Crippen LogP contribution is -2.48. The fraction of sp³-hybridized carbons (Fsp3) is 0.529. The van der Waals surface area contributed by atoms with Gasteiger partial charge in [-0.3, -0.25) is 4.79 Å². The molecule has 0 spiro atoms. The Morgan fingerprint density at radius 1 is 1.43 bits per heavy atom. The van der Waals surface area contributed by atoms with Gasteiger partial charge in [0, 0.05) is 12.7 Å². The Kier molecular flexibility index (Phi) is 3.21. The fourth-order valence-electron chi connectivity index (χ4n) is 4.06. The predicted molar refractivity (Wildman–Crippen MR) is 85.8 cm³/mol. The Balaban J connectivity index is 1.36. The molecular weight excluding hydrogens is 290 g/mol. The molecular formula is C17H21N5O. The second-order valence-electron chi connectivity index (χ2n) is 7.23. The van der Waals surface area contributed by atoms with E-state index in [1.54, 1.807) is 18.3 Å². The van der Waals surface area contributed by atoms with E-state index in [0.29, 0.717) is 29.1 Å². The summed E-state index contributed by atoms with van der Waals surface area (Å²) in [4.78, 5) is 12.3. The maximum atomic E-state index is 12.3. The van der Waals surface area contributed by atoms with E-state index in [2.05, 4.69) is 40.8 Å². The lowest BCUT2D eigenvalue weighted by atomic mass is 9.48. The number of carbonyl (C=O) groups is 1. The zero-order chi connectivity index (χ0) is 16.0. The molecule has 2 bridgehead atoms. The molecule has 1 amide bonds. The van der Waals surface area contributed by atoms with Crippen LogP contribution < -0.4 is 5.32 Å². The standard InChI is InChI=1S/C17H21N5O/c1-17(2)13-5-3-11(14(17)9-13)7-8-18-16(23)12-4-6-15-19-20-21-22(15)10-12/h3-4,6,10,13-14H,5,7-9H2,1-2H3,(H,18,23). The second kappa shape index (κ2) is 5.15. The number of nitrogens with zero attached hydrogens (tertiary/aromatic N) is 4. The Labute approximate surface area is 135 Å². The van der Waals surface area contributed by atoms with Gasteiger partial charge in [0.1, 0.15) is 0 Å². The first-order valence-corrected chi connectivity index (χ1v) is 8.20. The van der Waals surface area contributed by atoms with E-state index in [-0.39, 0.29) is 5.91 Å². The van der Waals surface area contributed by atoms with E-state index in [1.807, 2.05) is 0 Å². The third kappa shape index (κ3) is 2.33. The molecule has 0 aromatic carbocycles. The van der Waals surface area contributed by atoms with Gasteiger partial charge < -0.3 is 5.32 Å². The van der Waals surface area contributed by atoms with Gasteiger partial charge in [-0.15, -0.1) is 5.10 Å². The highest BCUT2D eigenvalue weighted by atomic mass is 16.1. The van der Waals surface area contributed by atoms with E-state index in [1.165, 1.54) is 22.9 Å². The molecule has 6 heteroatoms. The number of carbonyl (C=O) groups excluding carboxylic acids is 1. The lowest BCUT2D eigenvalue weighted by Gasteiger charge is -2.56. The normalized spacial score (nSPS) is 24.9. The molecule has 3 aliphatic carbocycles. The minimum atomic E-state index is -0.0791. The molecule has 1 fully saturated rings. The van der Waals surface area contributed by atoms with Gasteiger partial charge >= 0.3 is 0 Å². The van der Waals surface area contributed by atoms with Gasteiger partial charge in [0.15, 0.2) is 5.65 Å². The van der Waals surface area contributed by atoms with Crippen LogP contribution in [0.25, 0.3) is 5.65 Å². The number of hydrogen-bond donors (Lipinski definition) is 1. The SMILES string of the molecule is CC1(C)C2CC=C(CCNC(=O)c3ccc4nnnn4c3)C1C2. The van der Waals surface area contributed by atoms with Crippen LogP contribution in [0, 0.1) is 17.3 Å². The van der Waals surface area contributed by atoms with Gasteiger partial charge in [-0.1, -0.05) is 25.5 Å². The van der Waals surface area contributed by atoms with Gasteiger partial charge in [0.25, 0.3) is 5.91 Å². The number of tetrazole rings is 1. The first-order chi connectivity index (χ1) is 11.1. The number of hydrogen-bond acceptors (Lipinski definition) is 4. The number of fused-ring (bicyclic) bond motifs is 2. The van der Waals surface area contributed by atoms with Crippen molar-refractivity contribution < 1.29 is 4.79 Å². The fourth-order valence-corrected chi connectivity index (χ4v) is 4.06. The summed E-state index contributed by atoms with van der Waals surface area (Å²) >= 11 is 0. The van der Waals surface area contributed by atoms with Crippen LogP contribution in [0.15, 0.2) is 30.0 Å². The number of allylic oxidation sites excluding steroid dienone is 1. The molecule has 2 heterocycles. The molecule has 3 aliphatic rings. The number of nitrogens with one attached hydrogen (secondary N) is 1. The predicted octanol–water partition coefficient (Wildman–Crippen LogP) is 2.24. The van der Waals surface area contributed by atoms with Crippen molar-refractivity contribution in [3.63, 3.8) is 0 Å². The van der Waals surface area contributed by atoms with E-state index in [0.717, 1.165) is 12.3 Å². The monoisotopic (exact) mass is 311 g/mol. The van der Waals surface area contributed by atoms with E-state index in [9.17, 15) is 4.79 Å². The van der Waals surface area contributed by atoms with Gasteiger partial charge in [0.05, 0.1) is 5.56 Å². The average Bonchev–Trinajstić information content (AvgIpc) is 3.02. The number of rotatable bonds is 4. The Bertz CT molecular complexity index is 791. The van der Waals surface area contributed by atoms with Gasteiger partial charge in [0.2, 0.25) is 0 Å². The topological polar surface area (TPSA) is 72.2 Å². The lowest BCUT2D eigenvalue weighted by molar-refractivity contribution is -0.00811. The molecule has 2 atom stereocenters. The largest absolute Gasteiger partial charge is 0.352 e. The van der Waals surface area contributed by atoms with Crippen LogP contribution in [0.4, 0.5) is 0 Å². The molecule has 0 radical (unpaired) electrons. The van der Waals surface area contributed by atoms with Crippen molar-refractivity contribution in [1.29, 1.82) is 0 Å². The summed E-state index contributed by atoms with van der Waals surface area (Å²) in [6.07, 6.45) is 7.51. The molecule has 2 unspecified atom stereocenters.